The number of benzene rings is 2. The lowest BCUT2D eigenvalue weighted by Crippen LogP contribution is -2.52. The Morgan fingerprint density at radius 2 is 2.06 bits per heavy atom. The number of amides is 4. The Morgan fingerprint density at radius 3 is 2.85 bits per heavy atom. The van der Waals surface area contributed by atoms with Crippen LogP contribution in [0, 0.1) is 0 Å². The Hall–Kier alpha value is -4.14. The van der Waals surface area contributed by atoms with Crippen molar-refractivity contribution < 1.29 is 28.7 Å². The van der Waals surface area contributed by atoms with Crippen molar-refractivity contribution in [1.29, 1.82) is 0 Å². The number of carbonyl (C=O) groups is 4. The highest BCUT2D eigenvalue weighted by Crippen LogP contribution is 2.30. The fourth-order valence-corrected chi connectivity index (χ4v) is 4.45. The minimum absolute atomic E-state index is 0.171. The summed E-state index contributed by atoms with van der Waals surface area (Å²) in [5.41, 5.74) is 3.45. The van der Waals surface area contributed by atoms with E-state index < -0.39 is 11.9 Å². The zero-order valence-corrected chi connectivity index (χ0v) is 18.6. The maximum absolute atomic E-state index is 12.8. The van der Waals surface area contributed by atoms with E-state index in [9.17, 15) is 19.2 Å². The van der Waals surface area contributed by atoms with Gasteiger partial charge in [-0.05, 0) is 47.9 Å². The molecule has 2 N–H and O–H groups in total. The quantitative estimate of drug-likeness (QED) is 0.653. The van der Waals surface area contributed by atoms with E-state index in [1.54, 1.807) is 31.4 Å². The van der Waals surface area contributed by atoms with Gasteiger partial charge in [-0.25, -0.2) is 0 Å². The molecule has 2 aromatic carbocycles. The van der Waals surface area contributed by atoms with Gasteiger partial charge in [-0.3, -0.25) is 24.5 Å². The molecule has 174 valence electrons. The van der Waals surface area contributed by atoms with Crippen LogP contribution in [0.5, 0.6) is 11.5 Å². The number of fused-ring (bicyclic) bond motifs is 2. The molecule has 0 aliphatic carbocycles. The lowest BCUT2D eigenvalue weighted by Gasteiger charge is -2.29. The van der Waals surface area contributed by atoms with Crippen molar-refractivity contribution in [3.05, 3.63) is 64.2 Å². The summed E-state index contributed by atoms with van der Waals surface area (Å²) in [6.07, 6.45) is 2.32. The molecule has 0 spiro atoms. The van der Waals surface area contributed by atoms with Crippen LogP contribution >= 0.6 is 0 Å². The van der Waals surface area contributed by atoms with Crippen molar-refractivity contribution in [2.45, 2.75) is 32.0 Å². The minimum Gasteiger partial charge on any atom is -0.497 e. The van der Waals surface area contributed by atoms with E-state index in [-0.39, 0.29) is 37.3 Å². The average Bonchev–Trinajstić information content (AvgIpc) is 3.17. The van der Waals surface area contributed by atoms with Crippen molar-refractivity contribution in [3.63, 3.8) is 0 Å². The van der Waals surface area contributed by atoms with E-state index in [1.807, 2.05) is 18.2 Å². The fourth-order valence-electron chi connectivity index (χ4n) is 4.45. The number of piperidine rings is 1. The summed E-state index contributed by atoms with van der Waals surface area (Å²) < 4.78 is 10.9. The molecule has 1 fully saturated rings. The summed E-state index contributed by atoms with van der Waals surface area (Å²) in [4.78, 5) is 50.7. The molecule has 2 aromatic rings. The zero-order valence-electron chi connectivity index (χ0n) is 18.6. The van der Waals surface area contributed by atoms with Crippen molar-refractivity contribution >= 4 is 29.7 Å². The molecule has 34 heavy (non-hydrogen) atoms. The monoisotopic (exact) mass is 461 g/mol. The lowest BCUT2D eigenvalue weighted by atomic mass is 10.0. The second kappa shape index (κ2) is 8.66. The first-order chi connectivity index (χ1) is 16.4. The van der Waals surface area contributed by atoms with Crippen molar-refractivity contribution in [1.82, 2.24) is 15.5 Å². The van der Waals surface area contributed by atoms with E-state index in [0.717, 1.165) is 16.7 Å². The molecule has 0 saturated carbocycles. The third kappa shape index (κ3) is 4.00. The van der Waals surface area contributed by atoms with Crippen LogP contribution in [-0.4, -0.2) is 48.3 Å². The van der Waals surface area contributed by atoms with Gasteiger partial charge in [0.05, 0.1) is 12.7 Å². The van der Waals surface area contributed by atoms with Gasteiger partial charge >= 0.3 is 0 Å². The van der Waals surface area contributed by atoms with Gasteiger partial charge in [-0.2, -0.15) is 0 Å². The number of nitrogens with one attached hydrogen (secondary N) is 2. The van der Waals surface area contributed by atoms with E-state index in [4.69, 9.17) is 9.47 Å². The molecule has 9 heteroatoms. The Kier molecular flexibility index (Phi) is 5.53. The Balaban J connectivity index is 1.25. The third-order valence-electron chi connectivity index (χ3n) is 6.26. The van der Waals surface area contributed by atoms with Crippen LogP contribution in [0.1, 0.15) is 39.9 Å². The molecule has 0 aromatic heterocycles. The number of hydrogen-bond acceptors (Lipinski definition) is 6. The van der Waals surface area contributed by atoms with Gasteiger partial charge in [-0.15, -0.1) is 0 Å². The molecule has 0 bridgehead atoms. The fraction of sp³-hybridized carbons (Fsp3) is 0.280. The van der Waals surface area contributed by atoms with Crippen LogP contribution in [0.25, 0.3) is 6.08 Å². The van der Waals surface area contributed by atoms with Crippen molar-refractivity contribution in [3.8, 4) is 11.5 Å². The first-order valence-electron chi connectivity index (χ1n) is 11.0. The van der Waals surface area contributed by atoms with Crippen LogP contribution in [-0.2, 0) is 27.5 Å². The van der Waals surface area contributed by atoms with E-state index >= 15 is 0 Å². The second-order valence-corrected chi connectivity index (χ2v) is 8.44. The maximum Gasteiger partial charge on any atom is 0.255 e. The van der Waals surface area contributed by atoms with Gasteiger partial charge in [-0.1, -0.05) is 12.1 Å². The Labute approximate surface area is 195 Å². The second-order valence-electron chi connectivity index (χ2n) is 8.44. The van der Waals surface area contributed by atoms with Gasteiger partial charge in [0.15, 0.2) is 0 Å². The van der Waals surface area contributed by atoms with Gasteiger partial charge < -0.3 is 19.7 Å². The SMILES string of the molecule is COc1ccc2c(c1)C=C(C(=O)NCc1ccc3c(c1)CN(C1CCC(=O)NC1=O)C3=O)CO2. The normalized spacial score (nSPS) is 19.0. The Morgan fingerprint density at radius 1 is 1.21 bits per heavy atom. The summed E-state index contributed by atoms with van der Waals surface area (Å²) in [5, 5.41) is 5.20. The van der Waals surface area contributed by atoms with E-state index in [0.29, 0.717) is 35.6 Å². The van der Waals surface area contributed by atoms with Crippen LogP contribution in [0.2, 0.25) is 0 Å². The molecule has 1 unspecified atom stereocenters. The smallest absolute Gasteiger partial charge is 0.255 e. The predicted octanol–water partition coefficient (Wildman–Crippen LogP) is 1.55. The van der Waals surface area contributed by atoms with Crippen LogP contribution < -0.4 is 20.1 Å². The van der Waals surface area contributed by atoms with Crippen molar-refractivity contribution in [2.24, 2.45) is 0 Å². The largest absolute Gasteiger partial charge is 0.497 e. The van der Waals surface area contributed by atoms with Gasteiger partial charge in [0.25, 0.3) is 11.8 Å². The molecule has 1 saturated heterocycles. The predicted molar refractivity (Wildman–Crippen MR) is 121 cm³/mol. The number of methoxy groups -OCH3 is 1. The number of ether oxygens (including phenoxy) is 2. The van der Waals surface area contributed by atoms with Gasteiger partial charge in [0.1, 0.15) is 24.1 Å². The molecule has 3 aliphatic rings. The maximum atomic E-state index is 12.8. The highest BCUT2D eigenvalue weighted by Gasteiger charge is 2.39. The zero-order chi connectivity index (χ0) is 23.8. The molecular weight excluding hydrogens is 438 g/mol. The molecule has 3 aliphatic heterocycles. The number of carbonyl (C=O) groups excluding carboxylic acids is 4. The van der Waals surface area contributed by atoms with Gasteiger partial charge in [0.2, 0.25) is 11.8 Å². The molecule has 5 rings (SSSR count). The molecule has 0 radical (unpaired) electrons. The lowest BCUT2D eigenvalue weighted by molar-refractivity contribution is -0.137. The van der Waals surface area contributed by atoms with Crippen LogP contribution in [0.3, 0.4) is 0 Å². The number of rotatable bonds is 5. The number of hydrogen-bond donors (Lipinski definition) is 2. The molecule has 9 nitrogen and oxygen atoms in total. The summed E-state index contributed by atoms with van der Waals surface area (Å²) in [7, 11) is 1.58. The standard InChI is InChI=1S/C25H23N3O6/c1-33-18-3-6-21-15(10-18)9-17(13-34-21)23(30)26-11-14-2-4-19-16(8-14)12-28(25(19)32)20-5-7-22(29)27-24(20)31/h2-4,6,8-10,20H,5,7,11-13H2,1H3,(H,26,30)(H,27,29,31). The summed E-state index contributed by atoms with van der Waals surface area (Å²) in [6, 6.07) is 10.1. The minimum atomic E-state index is -0.652. The van der Waals surface area contributed by atoms with Crippen LogP contribution in [0.4, 0.5) is 0 Å². The summed E-state index contributed by atoms with van der Waals surface area (Å²) in [6.45, 7) is 0.742. The van der Waals surface area contributed by atoms with E-state index in [2.05, 4.69) is 10.6 Å². The molecular formula is C25H23N3O6. The highest BCUT2D eigenvalue weighted by molar-refractivity contribution is 6.05. The average molecular weight is 461 g/mol. The number of nitrogens with zero attached hydrogens (tertiary/aromatic N) is 1. The first-order valence-corrected chi connectivity index (χ1v) is 11.0. The highest BCUT2D eigenvalue weighted by atomic mass is 16.5. The number of imide groups is 1. The molecule has 1 atom stereocenters. The first kappa shape index (κ1) is 21.7. The summed E-state index contributed by atoms with van der Waals surface area (Å²) >= 11 is 0. The van der Waals surface area contributed by atoms with E-state index in [1.165, 1.54) is 4.90 Å². The third-order valence-corrected chi connectivity index (χ3v) is 6.26. The molecule has 4 amide bonds. The summed E-state index contributed by atoms with van der Waals surface area (Å²) in [5.74, 6) is 0.158. The molecule has 3 heterocycles. The van der Waals surface area contributed by atoms with Crippen molar-refractivity contribution in [2.75, 3.05) is 13.7 Å². The Bertz CT molecular complexity index is 1250. The topological polar surface area (TPSA) is 114 Å². The van der Waals surface area contributed by atoms with Gasteiger partial charge in [0, 0.05) is 30.6 Å². The van der Waals surface area contributed by atoms with Crippen LogP contribution in [0.15, 0.2) is 42.0 Å².